The first-order chi connectivity index (χ1) is 8.86. The summed E-state index contributed by atoms with van der Waals surface area (Å²) in [6, 6.07) is 10.8. The maximum absolute atomic E-state index is 3.38. The summed E-state index contributed by atoms with van der Waals surface area (Å²) >= 11 is 0. The van der Waals surface area contributed by atoms with E-state index in [-0.39, 0.29) is 0 Å². The Labute approximate surface area is 112 Å². The predicted octanol–water partition coefficient (Wildman–Crippen LogP) is 3.29. The van der Waals surface area contributed by atoms with E-state index in [1.54, 1.807) is 0 Å². The molecule has 0 spiro atoms. The van der Waals surface area contributed by atoms with Gasteiger partial charge < -0.3 is 5.32 Å². The van der Waals surface area contributed by atoms with Gasteiger partial charge in [-0.05, 0) is 44.6 Å². The second kappa shape index (κ2) is 10.1. The first-order valence-electron chi connectivity index (χ1n) is 7.33. The Kier molecular flexibility index (Phi) is 8.53. The van der Waals surface area contributed by atoms with Crippen molar-refractivity contribution in [3.8, 4) is 0 Å². The Balaban J connectivity index is 2.14. The van der Waals surface area contributed by atoms with Crippen LogP contribution in [0.2, 0.25) is 0 Å². The lowest BCUT2D eigenvalue weighted by Gasteiger charge is -2.20. The van der Waals surface area contributed by atoms with Crippen molar-refractivity contribution in [2.45, 2.75) is 39.7 Å². The van der Waals surface area contributed by atoms with Crippen molar-refractivity contribution in [2.75, 3.05) is 26.2 Å². The number of unbranched alkanes of at least 4 members (excludes halogenated alkanes) is 2. The van der Waals surface area contributed by atoms with Gasteiger partial charge in [-0.1, -0.05) is 50.6 Å². The highest BCUT2D eigenvalue weighted by atomic mass is 15.1. The zero-order chi connectivity index (χ0) is 13.1. The van der Waals surface area contributed by atoms with Gasteiger partial charge in [0, 0.05) is 6.54 Å². The van der Waals surface area contributed by atoms with Gasteiger partial charge in [0.15, 0.2) is 0 Å². The molecule has 1 rings (SSSR count). The first kappa shape index (κ1) is 15.2. The van der Waals surface area contributed by atoms with E-state index in [0.29, 0.717) is 0 Å². The van der Waals surface area contributed by atoms with Crippen molar-refractivity contribution < 1.29 is 0 Å². The molecule has 0 aliphatic heterocycles. The lowest BCUT2D eigenvalue weighted by Crippen LogP contribution is -2.24. The van der Waals surface area contributed by atoms with E-state index in [0.717, 1.165) is 19.6 Å². The summed E-state index contributed by atoms with van der Waals surface area (Å²) in [5.41, 5.74) is 1.42. The third-order valence-corrected chi connectivity index (χ3v) is 3.27. The van der Waals surface area contributed by atoms with Crippen LogP contribution in [0, 0.1) is 0 Å². The van der Waals surface area contributed by atoms with Crippen molar-refractivity contribution in [1.82, 2.24) is 10.2 Å². The second-order valence-electron chi connectivity index (χ2n) is 4.77. The third kappa shape index (κ3) is 6.77. The SMILES string of the molecule is CCNCCCCCN(CC)Cc1ccccc1. The number of nitrogens with zero attached hydrogens (tertiary/aromatic N) is 1. The quantitative estimate of drug-likeness (QED) is 0.639. The fourth-order valence-electron chi connectivity index (χ4n) is 2.13. The number of rotatable bonds is 10. The molecule has 1 N–H and O–H groups in total. The molecular formula is C16H28N2. The van der Waals surface area contributed by atoms with Crippen molar-refractivity contribution in [1.29, 1.82) is 0 Å². The molecule has 2 nitrogen and oxygen atoms in total. The lowest BCUT2D eigenvalue weighted by atomic mass is 10.2. The molecule has 0 bridgehead atoms. The minimum atomic E-state index is 1.09. The average molecular weight is 248 g/mol. The van der Waals surface area contributed by atoms with E-state index in [1.807, 2.05) is 0 Å². The molecule has 0 heterocycles. The van der Waals surface area contributed by atoms with Gasteiger partial charge in [-0.3, -0.25) is 4.90 Å². The molecule has 0 atom stereocenters. The summed E-state index contributed by atoms with van der Waals surface area (Å²) in [4.78, 5) is 2.53. The van der Waals surface area contributed by atoms with Gasteiger partial charge >= 0.3 is 0 Å². The molecule has 0 saturated carbocycles. The number of nitrogens with one attached hydrogen (secondary N) is 1. The van der Waals surface area contributed by atoms with E-state index < -0.39 is 0 Å². The fourth-order valence-corrected chi connectivity index (χ4v) is 2.13. The molecule has 0 amide bonds. The zero-order valence-corrected chi connectivity index (χ0v) is 12.0. The number of hydrogen-bond acceptors (Lipinski definition) is 2. The van der Waals surface area contributed by atoms with Gasteiger partial charge in [-0.25, -0.2) is 0 Å². The smallest absolute Gasteiger partial charge is 0.0233 e. The Morgan fingerprint density at radius 1 is 1.00 bits per heavy atom. The minimum Gasteiger partial charge on any atom is -0.317 e. The Hall–Kier alpha value is -0.860. The molecule has 0 aromatic heterocycles. The Morgan fingerprint density at radius 2 is 1.78 bits per heavy atom. The Bertz CT molecular complexity index is 284. The van der Waals surface area contributed by atoms with Crippen LogP contribution in [0.3, 0.4) is 0 Å². The molecule has 1 aromatic rings. The monoisotopic (exact) mass is 248 g/mol. The average Bonchev–Trinajstić information content (AvgIpc) is 2.42. The topological polar surface area (TPSA) is 15.3 Å². The molecule has 18 heavy (non-hydrogen) atoms. The van der Waals surface area contributed by atoms with Gasteiger partial charge in [0.05, 0.1) is 0 Å². The van der Waals surface area contributed by atoms with Crippen LogP contribution in [0.4, 0.5) is 0 Å². The van der Waals surface area contributed by atoms with Crippen LogP contribution < -0.4 is 5.32 Å². The van der Waals surface area contributed by atoms with E-state index in [2.05, 4.69) is 54.4 Å². The first-order valence-corrected chi connectivity index (χ1v) is 7.33. The van der Waals surface area contributed by atoms with E-state index in [1.165, 1.54) is 37.9 Å². The maximum Gasteiger partial charge on any atom is 0.0233 e. The minimum absolute atomic E-state index is 1.09. The molecular weight excluding hydrogens is 220 g/mol. The van der Waals surface area contributed by atoms with Crippen molar-refractivity contribution in [3.05, 3.63) is 35.9 Å². The second-order valence-corrected chi connectivity index (χ2v) is 4.77. The van der Waals surface area contributed by atoms with Gasteiger partial charge in [0.25, 0.3) is 0 Å². The maximum atomic E-state index is 3.38. The number of benzene rings is 1. The van der Waals surface area contributed by atoms with E-state index >= 15 is 0 Å². The van der Waals surface area contributed by atoms with Crippen LogP contribution in [0.1, 0.15) is 38.7 Å². The van der Waals surface area contributed by atoms with Crippen molar-refractivity contribution >= 4 is 0 Å². The third-order valence-electron chi connectivity index (χ3n) is 3.27. The Morgan fingerprint density at radius 3 is 2.44 bits per heavy atom. The van der Waals surface area contributed by atoms with Crippen LogP contribution in [0.15, 0.2) is 30.3 Å². The summed E-state index contributed by atoms with van der Waals surface area (Å²) in [5, 5.41) is 3.38. The highest BCUT2D eigenvalue weighted by Gasteiger charge is 2.02. The summed E-state index contributed by atoms with van der Waals surface area (Å²) < 4.78 is 0. The van der Waals surface area contributed by atoms with Gasteiger partial charge in [0.1, 0.15) is 0 Å². The lowest BCUT2D eigenvalue weighted by molar-refractivity contribution is 0.273. The predicted molar refractivity (Wildman–Crippen MR) is 79.8 cm³/mol. The molecule has 0 unspecified atom stereocenters. The molecule has 0 saturated heterocycles. The van der Waals surface area contributed by atoms with E-state index in [9.17, 15) is 0 Å². The van der Waals surface area contributed by atoms with E-state index in [4.69, 9.17) is 0 Å². The molecule has 0 aliphatic rings. The van der Waals surface area contributed by atoms with Gasteiger partial charge in [0.2, 0.25) is 0 Å². The molecule has 0 fully saturated rings. The zero-order valence-electron chi connectivity index (χ0n) is 12.0. The highest BCUT2D eigenvalue weighted by Crippen LogP contribution is 2.06. The van der Waals surface area contributed by atoms with Crippen LogP contribution in [-0.2, 0) is 6.54 Å². The van der Waals surface area contributed by atoms with Crippen molar-refractivity contribution in [3.63, 3.8) is 0 Å². The van der Waals surface area contributed by atoms with Crippen LogP contribution >= 0.6 is 0 Å². The van der Waals surface area contributed by atoms with Crippen LogP contribution in [0.5, 0.6) is 0 Å². The van der Waals surface area contributed by atoms with Gasteiger partial charge in [-0.15, -0.1) is 0 Å². The normalized spacial score (nSPS) is 11.1. The summed E-state index contributed by atoms with van der Waals surface area (Å²) in [5.74, 6) is 0. The molecule has 102 valence electrons. The molecule has 2 heteroatoms. The summed E-state index contributed by atoms with van der Waals surface area (Å²) in [6.45, 7) is 10.1. The van der Waals surface area contributed by atoms with Crippen LogP contribution in [0.25, 0.3) is 0 Å². The van der Waals surface area contributed by atoms with Crippen molar-refractivity contribution in [2.24, 2.45) is 0 Å². The number of hydrogen-bond donors (Lipinski definition) is 1. The molecule has 1 aromatic carbocycles. The molecule has 0 aliphatic carbocycles. The standard InChI is InChI=1S/C16H28N2/c1-3-17-13-9-6-10-14-18(4-2)15-16-11-7-5-8-12-16/h5,7-8,11-12,17H,3-4,6,9-10,13-15H2,1-2H3. The van der Waals surface area contributed by atoms with Crippen LogP contribution in [-0.4, -0.2) is 31.1 Å². The molecule has 0 radical (unpaired) electrons. The fraction of sp³-hybridized carbons (Fsp3) is 0.625. The van der Waals surface area contributed by atoms with Gasteiger partial charge in [-0.2, -0.15) is 0 Å². The summed E-state index contributed by atoms with van der Waals surface area (Å²) in [6.07, 6.45) is 3.95. The largest absolute Gasteiger partial charge is 0.317 e. The highest BCUT2D eigenvalue weighted by molar-refractivity contribution is 5.14. The summed E-state index contributed by atoms with van der Waals surface area (Å²) in [7, 11) is 0.